The Morgan fingerprint density at radius 3 is 2.55 bits per heavy atom. The minimum atomic E-state index is -0.445. The smallest absolute Gasteiger partial charge is 0.248 e. The fourth-order valence-electron chi connectivity index (χ4n) is 1.94. The van der Waals surface area contributed by atoms with E-state index in [0.717, 1.165) is 11.3 Å². The number of nitrogens with two attached hydrogens (primary N) is 1. The molecule has 0 spiro atoms. The van der Waals surface area contributed by atoms with Crippen molar-refractivity contribution >= 4 is 11.6 Å². The van der Waals surface area contributed by atoms with Gasteiger partial charge in [0.25, 0.3) is 0 Å². The van der Waals surface area contributed by atoms with E-state index in [1.165, 1.54) is 0 Å². The number of carbonyl (C=O) groups is 1. The lowest BCUT2D eigenvalue weighted by Crippen LogP contribution is -2.12. The maximum Gasteiger partial charge on any atom is 0.248 e. The molecular weight excluding hydrogens is 250 g/mol. The van der Waals surface area contributed by atoms with Gasteiger partial charge >= 0.3 is 0 Å². The van der Waals surface area contributed by atoms with Crippen molar-refractivity contribution in [2.24, 2.45) is 5.73 Å². The number of carbonyl (C=O) groups excluding carboxylic acids is 1. The highest BCUT2D eigenvalue weighted by Gasteiger charge is 2.07. The van der Waals surface area contributed by atoms with E-state index in [9.17, 15) is 4.79 Å². The van der Waals surface area contributed by atoms with E-state index in [2.05, 4.69) is 11.4 Å². The molecular formula is C16H15N3O. The number of primary amides is 1. The minimum absolute atomic E-state index is 0.0610. The minimum Gasteiger partial charge on any atom is -0.379 e. The summed E-state index contributed by atoms with van der Waals surface area (Å²) in [7, 11) is 0. The molecule has 4 heteroatoms. The molecule has 2 aromatic carbocycles. The first-order chi connectivity index (χ1) is 9.60. The zero-order valence-electron chi connectivity index (χ0n) is 11.1. The topological polar surface area (TPSA) is 78.9 Å². The van der Waals surface area contributed by atoms with Gasteiger partial charge in [-0.3, -0.25) is 4.79 Å². The molecule has 0 saturated carbocycles. The average Bonchev–Trinajstić information content (AvgIpc) is 2.47. The molecule has 3 N–H and O–H groups in total. The Hall–Kier alpha value is -2.80. The summed E-state index contributed by atoms with van der Waals surface area (Å²) in [6, 6.07) is 16.6. The van der Waals surface area contributed by atoms with Gasteiger partial charge in [0.1, 0.15) is 0 Å². The molecule has 0 bridgehead atoms. The summed E-state index contributed by atoms with van der Waals surface area (Å²) in [4.78, 5) is 11.1. The Balaban J connectivity index is 2.14. The summed E-state index contributed by atoms with van der Waals surface area (Å²) in [6.07, 6.45) is 0. The van der Waals surface area contributed by atoms with Crippen molar-refractivity contribution < 1.29 is 4.79 Å². The second-order valence-corrected chi connectivity index (χ2v) is 4.54. The van der Waals surface area contributed by atoms with Crippen LogP contribution in [-0.2, 0) is 0 Å². The summed E-state index contributed by atoms with van der Waals surface area (Å²) in [6.45, 7) is 2.01. The summed E-state index contributed by atoms with van der Waals surface area (Å²) in [5, 5.41) is 12.1. The number of hydrogen-bond donors (Lipinski definition) is 2. The van der Waals surface area contributed by atoms with Crippen LogP contribution in [0.3, 0.4) is 0 Å². The van der Waals surface area contributed by atoms with Gasteiger partial charge in [-0.15, -0.1) is 0 Å². The van der Waals surface area contributed by atoms with Crippen LogP contribution in [0, 0.1) is 11.3 Å². The zero-order valence-corrected chi connectivity index (χ0v) is 11.1. The highest BCUT2D eigenvalue weighted by atomic mass is 16.1. The van der Waals surface area contributed by atoms with Gasteiger partial charge in [0.05, 0.1) is 11.6 Å². The van der Waals surface area contributed by atoms with Gasteiger partial charge in [0, 0.05) is 17.3 Å². The number of nitriles is 1. The average molecular weight is 265 g/mol. The van der Waals surface area contributed by atoms with E-state index in [4.69, 9.17) is 11.0 Å². The molecule has 1 atom stereocenters. The molecule has 0 aliphatic rings. The fourth-order valence-corrected chi connectivity index (χ4v) is 1.94. The van der Waals surface area contributed by atoms with Crippen LogP contribution >= 0.6 is 0 Å². The maximum absolute atomic E-state index is 11.1. The predicted octanol–water partition coefficient (Wildman–Crippen LogP) is 2.83. The second kappa shape index (κ2) is 5.89. The first kappa shape index (κ1) is 13.6. The first-order valence-corrected chi connectivity index (χ1v) is 6.26. The van der Waals surface area contributed by atoms with E-state index >= 15 is 0 Å². The lowest BCUT2D eigenvalue weighted by Gasteiger charge is -2.16. The van der Waals surface area contributed by atoms with Gasteiger partial charge in [-0.1, -0.05) is 18.2 Å². The Labute approximate surface area is 117 Å². The van der Waals surface area contributed by atoms with Crippen LogP contribution in [-0.4, -0.2) is 5.91 Å². The number of hydrogen-bond acceptors (Lipinski definition) is 3. The number of amides is 1. The first-order valence-electron chi connectivity index (χ1n) is 6.26. The normalized spacial score (nSPS) is 11.4. The molecule has 4 nitrogen and oxygen atoms in total. The Morgan fingerprint density at radius 2 is 1.95 bits per heavy atom. The largest absolute Gasteiger partial charge is 0.379 e. The summed E-state index contributed by atoms with van der Waals surface area (Å²) in [5.74, 6) is -0.445. The van der Waals surface area contributed by atoms with Gasteiger partial charge < -0.3 is 11.1 Å². The number of benzene rings is 2. The fraction of sp³-hybridized carbons (Fsp3) is 0.125. The SMILES string of the molecule is CC(Nc1cccc(C(N)=O)c1)c1ccc(C#N)cc1. The Morgan fingerprint density at radius 1 is 1.25 bits per heavy atom. The highest BCUT2D eigenvalue weighted by molar-refractivity contribution is 5.93. The molecule has 20 heavy (non-hydrogen) atoms. The standard InChI is InChI=1S/C16H15N3O/c1-11(13-7-5-12(10-17)6-8-13)19-15-4-2-3-14(9-15)16(18)20/h2-9,11,19H,1H3,(H2,18,20). The van der Waals surface area contributed by atoms with Crippen LogP contribution < -0.4 is 11.1 Å². The number of nitrogens with zero attached hydrogens (tertiary/aromatic N) is 1. The van der Waals surface area contributed by atoms with Crippen molar-refractivity contribution in [2.45, 2.75) is 13.0 Å². The molecule has 1 unspecified atom stereocenters. The van der Waals surface area contributed by atoms with Crippen LogP contribution in [0.4, 0.5) is 5.69 Å². The zero-order chi connectivity index (χ0) is 14.5. The molecule has 0 heterocycles. The third kappa shape index (κ3) is 3.15. The number of rotatable bonds is 4. The van der Waals surface area contributed by atoms with Crippen molar-refractivity contribution in [2.75, 3.05) is 5.32 Å². The molecule has 0 radical (unpaired) electrons. The van der Waals surface area contributed by atoms with Crippen molar-refractivity contribution in [3.63, 3.8) is 0 Å². The van der Waals surface area contributed by atoms with Crippen molar-refractivity contribution in [1.82, 2.24) is 0 Å². The molecule has 2 rings (SSSR count). The predicted molar refractivity (Wildman–Crippen MR) is 78.2 cm³/mol. The van der Waals surface area contributed by atoms with Gasteiger partial charge in [-0.05, 0) is 42.8 Å². The van der Waals surface area contributed by atoms with Gasteiger partial charge in [0.2, 0.25) is 5.91 Å². The molecule has 0 aliphatic carbocycles. The lowest BCUT2D eigenvalue weighted by atomic mass is 10.1. The van der Waals surface area contributed by atoms with E-state index in [-0.39, 0.29) is 6.04 Å². The van der Waals surface area contributed by atoms with Crippen LogP contribution in [0.5, 0.6) is 0 Å². The quantitative estimate of drug-likeness (QED) is 0.892. The lowest BCUT2D eigenvalue weighted by molar-refractivity contribution is 0.100. The summed E-state index contributed by atoms with van der Waals surface area (Å²) in [5.41, 5.74) is 8.26. The van der Waals surface area contributed by atoms with E-state index in [1.807, 2.05) is 25.1 Å². The number of nitrogens with one attached hydrogen (secondary N) is 1. The molecule has 100 valence electrons. The molecule has 0 aliphatic heterocycles. The van der Waals surface area contributed by atoms with E-state index < -0.39 is 5.91 Å². The van der Waals surface area contributed by atoms with Gasteiger partial charge in [-0.25, -0.2) is 0 Å². The van der Waals surface area contributed by atoms with Crippen LogP contribution in [0.25, 0.3) is 0 Å². The summed E-state index contributed by atoms with van der Waals surface area (Å²) < 4.78 is 0. The monoisotopic (exact) mass is 265 g/mol. The third-order valence-electron chi connectivity index (χ3n) is 3.07. The van der Waals surface area contributed by atoms with E-state index in [1.54, 1.807) is 30.3 Å². The number of anilines is 1. The third-order valence-corrected chi connectivity index (χ3v) is 3.07. The Bertz CT molecular complexity index is 656. The van der Waals surface area contributed by atoms with Crippen molar-refractivity contribution in [3.05, 3.63) is 65.2 Å². The van der Waals surface area contributed by atoms with Gasteiger partial charge in [-0.2, -0.15) is 5.26 Å². The molecule has 0 aromatic heterocycles. The van der Waals surface area contributed by atoms with Crippen molar-refractivity contribution in [3.8, 4) is 6.07 Å². The second-order valence-electron chi connectivity index (χ2n) is 4.54. The highest BCUT2D eigenvalue weighted by Crippen LogP contribution is 2.20. The van der Waals surface area contributed by atoms with Crippen LogP contribution in [0.2, 0.25) is 0 Å². The van der Waals surface area contributed by atoms with Gasteiger partial charge in [0.15, 0.2) is 0 Å². The molecule has 0 saturated heterocycles. The molecule has 2 aromatic rings. The maximum atomic E-state index is 11.1. The van der Waals surface area contributed by atoms with Crippen molar-refractivity contribution in [1.29, 1.82) is 5.26 Å². The molecule has 0 fully saturated rings. The van der Waals surface area contributed by atoms with Crippen LogP contribution in [0.1, 0.15) is 34.5 Å². The van der Waals surface area contributed by atoms with Crippen LogP contribution in [0.15, 0.2) is 48.5 Å². The molecule has 1 amide bonds. The Kier molecular flexibility index (Phi) is 4.02. The van der Waals surface area contributed by atoms with E-state index in [0.29, 0.717) is 11.1 Å². The summed E-state index contributed by atoms with van der Waals surface area (Å²) >= 11 is 0.